The molecular formula is C26H24ClFN4OS. The second kappa shape index (κ2) is 8.80. The molecule has 0 saturated carbocycles. The first-order chi connectivity index (χ1) is 16.5. The summed E-state index contributed by atoms with van der Waals surface area (Å²) in [6.07, 6.45) is 4.56. The molecule has 174 valence electrons. The van der Waals surface area contributed by atoms with Gasteiger partial charge >= 0.3 is 0 Å². The van der Waals surface area contributed by atoms with E-state index >= 15 is 0 Å². The molecule has 3 aromatic heterocycles. The van der Waals surface area contributed by atoms with E-state index in [9.17, 15) is 9.18 Å². The van der Waals surface area contributed by atoms with Crippen LogP contribution in [0.4, 0.5) is 10.2 Å². The maximum absolute atomic E-state index is 13.6. The number of alkyl halides is 1. The molecule has 2 fully saturated rings. The Kier molecular flexibility index (Phi) is 5.63. The Morgan fingerprint density at radius 2 is 1.88 bits per heavy atom. The molecule has 4 aromatic rings. The lowest BCUT2D eigenvalue weighted by Gasteiger charge is -2.24. The lowest BCUT2D eigenvalue weighted by Crippen LogP contribution is -2.36. The highest BCUT2D eigenvalue weighted by Gasteiger charge is 2.33. The average molecular weight is 495 g/mol. The van der Waals surface area contributed by atoms with Crippen molar-refractivity contribution in [3.05, 3.63) is 76.3 Å². The molecule has 2 atom stereocenters. The Hall–Kier alpha value is -2.74. The maximum Gasteiger partial charge on any atom is 0.273 e. The largest absolute Gasteiger partial charge is 0.355 e. The first-order valence-electron chi connectivity index (χ1n) is 11.6. The van der Waals surface area contributed by atoms with Crippen molar-refractivity contribution < 1.29 is 4.39 Å². The van der Waals surface area contributed by atoms with E-state index in [4.69, 9.17) is 11.6 Å². The molecule has 0 N–H and O–H groups in total. The first-order valence-corrected chi connectivity index (χ1v) is 12.8. The number of aromatic nitrogens is 2. The van der Waals surface area contributed by atoms with Crippen LogP contribution < -0.4 is 10.5 Å². The van der Waals surface area contributed by atoms with Crippen LogP contribution in [0.1, 0.15) is 12.8 Å². The molecular weight excluding hydrogens is 471 g/mol. The van der Waals surface area contributed by atoms with Gasteiger partial charge in [0.25, 0.3) is 5.56 Å². The van der Waals surface area contributed by atoms with Crippen LogP contribution in [-0.4, -0.2) is 52.8 Å². The highest BCUT2D eigenvalue weighted by molar-refractivity contribution is 7.22. The molecule has 5 heterocycles. The zero-order valence-corrected chi connectivity index (χ0v) is 20.1. The van der Waals surface area contributed by atoms with Crippen molar-refractivity contribution >= 4 is 38.8 Å². The molecule has 0 aliphatic carbocycles. The van der Waals surface area contributed by atoms with E-state index in [-0.39, 0.29) is 5.56 Å². The fourth-order valence-corrected chi connectivity index (χ4v) is 6.23. The number of anilines is 1. The normalized spacial score (nSPS) is 21.1. The SMILES string of the molecule is O=c1c2sc(-c3ccc(Cl)cc3)cc2ccn1-c1ccc(N2CC[C@@H](N3CC[C@@H](F)C3)C2)nc1. The van der Waals surface area contributed by atoms with Gasteiger partial charge in [0.2, 0.25) is 0 Å². The number of thiophene rings is 1. The molecule has 2 aliphatic heterocycles. The van der Waals surface area contributed by atoms with Gasteiger partial charge in [-0.15, -0.1) is 11.3 Å². The van der Waals surface area contributed by atoms with Gasteiger partial charge in [-0.25, -0.2) is 9.37 Å². The van der Waals surface area contributed by atoms with E-state index in [0.29, 0.717) is 24.0 Å². The zero-order valence-electron chi connectivity index (χ0n) is 18.5. The van der Waals surface area contributed by atoms with Crippen LogP contribution >= 0.6 is 22.9 Å². The minimum absolute atomic E-state index is 0.0479. The minimum Gasteiger partial charge on any atom is -0.355 e. The number of halogens is 2. The number of nitrogens with zero attached hydrogens (tertiary/aromatic N) is 4. The van der Waals surface area contributed by atoms with E-state index in [1.165, 1.54) is 11.3 Å². The van der Waals surface area contributed by atoms with Gasteiger partial charge in [-0.05, 0) is 54.8 Å². The Morgan fingerprint density at radius 3 is 2.62 bits per heavy atom. The number of benzene rings is 1. The molecule has 0 amide bonds. The van der Waals surface area contributed by atoms with Crippen LogP contribution in [0.5, 0.6) is 0 Å². The third-order valence-corrected chi connectivity index (χ3v) is 8.32. The summed E-state index contributed by atoms with van der Waals surface area (Å²) in [5.74, 6) is 0.900. The number of hydrogen-bond donors (Lipinski definition) is 0. The van der Waals surface area contributed by atoms with E-state index in [1.54, 1.807) is 10.8 Å². The summed E-state index contributed by atoms with van der Waals surface area (Å²) in [5.41, 5.74) is 1.74. The predicted octanol–water partition coefficient (Wildman–Crippen LogP) is 5.39. The van der Waals surface area contributed by atoms with E-state index in [1.807, 2.05) is 54.7 Å². The molecule has 0 spiro atoms. The molecule has 1 aromatic carbocycles. The second-order valence-corrected chi connectivity index (χ2v) is 10.5. The average Bonchev–Trinajstić information content (AvgIpc) is 3.60. The van der Waals surface area contributed by atoms with Gasteiger partial charge in [-0.2, -0.15) is 0 Å². The van der Waals surface area contributed by atoms with E-state index < -0.39 is 6.17 Å². The van der Waals surface area contributed by atoms with Gasteiger partial charge in [0.15, 0.2) is 0 Å². The van der Waals surface area contributed by atoms with E-state index in [2.05, 4.69) is 14.8 Å². The fraction of sp³-hybridized carbons (Fsp3) is 0.308. The van der Waals surface area contributed by atoms with Crippen molar-refractivity contribution in [1.82, 2.24) is 14.5 Å². The number of pyridine rings is 2. The van der Waals surface area contributed by atoms with Crippen LogP contribution in [0.3, 0.4) is 0 Å². The second-order valence-electron chi connectivity index (χ2n) is 9.04. The van der Waals surface area contributed by atoms with E-state index in [0.717, 1.165) is 58.1 Å². The highest BCUT2D eigenvalue weighted by Crippen LogP contribution is 2.32. The van der Waals surface area contributed by atoms with Crippen LogP contribution in [0, 0.1) is 0 Å². The number of hydrogen-bond acceptors (Lipinski definition) is 5. The number of likely N-dealkylation sites (tertiary alicyclic amines) is 1. The summed E-state index contributed by atoms with van der Waals surface area (Å²) < 4.78 is 16.0. The summed E-state index contributed by atoms with van der Waals surface area (Å²) in [7, 11) is 0. The Labute approximate surface area is 206 Å². The summed E-state index contributed by atoms with van der Waals surface area (Å²) in [6, 6.07) is 16.0. The van der Waals surface area contributed by atoms with Gasteiger partial charge in [0.1, 0.15) is 16.7 Å². The molecule has 5 nitrogen and oxygen atoms in total. The highest BCUT2D eigenvalue weighted by atomic mass is 35.5. The van der Waals surface area contributed by atoms with Crippen LogP contribution in [0.15, 0.2) is 65.7 Å². The van der Waals surface area contributed by atoms with Gasteiger partial charge in [-0.1, -0.05) is 23.7 Å². The van der Waals surface area contributed by atoms with Crippen molar-refractivity contribution in [2.75, 3.05) is 31.1 Å². The zero-order chi connectivity index (χ0) is 23.2. The first kappa shape index (κ1) is 21.8. The van der Waals surface area contributed by atoms with Gasteiger partial charge in [0, 0.05) is 53.7 Å². The van der Waals surface area contributed by atoms with Gasteiger partial charge in [0.05, 0.1) is 11.9 Å². The quantitative estimate of drug-likeness (QED) is 0.381. The predicted molar refractivity (Wildman–Crippen MR) is 137 cm³/mol. The summed E-state index contributed by atoms with van der Waals surface area (Å²) in [4.78, 5) is 23.5. The maximum atomic E-state index is 13.6. The molecule has 2 saturated heterocycles. The van der Waals surface area contributed by atoms with Crippen molar-refractivity contribution in [3.8, 4) is 16.1 Å². The topological polar surface area (TPSA) is 41.4 Å². The Balaban J connectivity index is 1.23. The fourth-order valence-electron chi connectivity index (χ4n) is 5.02. The van der Waals surface area contributed by atoms with Gasteiger partial charge in [-0.3, -0.25) is 14.3 Å². The summed E-state index contributed by atoms with van der Waals surface area (Å²) in [5, 5.41) is 1.62. The van der Waals surface area contributed by atoms with Crippen LogP contribution in [-0.2, 0) is 0 Å². The lowest BCUT2D eigenvalue weighted by molar-refractivity contribution is 0.234. The van der Waals surface area contributed by atoms with Crippen LogP contribution in [0.2, 0.25) is 5.02 Å². The summed E-state index contributed by atoms with van der Waals surface area (Å²) in [6.45, 7) is 3.19. The van der Waals surface area contributed by atoms with Crippen molar-refractivity contribution in [1.29, 1.82) is 0 Å². The van der Waals surface area contributed by atoms with Gasteiger partial charge < -0.3 is 4.90 Å². The molecule has 2 aliphatic rings. The number of fused-ring (bicyclic) bond motifs is 1. The third-order valence-electron chi connectivity index (χ3n) is 6.88. The van der Waals surface area contributed by atoms with Crippen molar-refractivity contribution in [3.63, 3.8) is 0 Å². The van der Waals surface area contributed by atoms with Crippen molar-refractivity contribution in [2.24, 2.45) is 0 Å². The smallest absolute Gasteiger partial charge is 0.273 e. The standard InChI is InChI=1S/C26H24ClFN4OS/c27-19-3-1-17(2-4-19)23-13-18-7-12-32(26(33)25(18)34-23)21-5-6-24(29-14-21)31-11-9-22(16-31)30-10-8-20(28)15-30/h1-7,12-14,20,22H,8-11,15-16H2/t20-,22-/m1/s1. The van der Waals surface area contributed by atoms with Crippen LogP contribution in [0.25, 0.3) is 26.2 Å². The molecule has 6 rings (SSSR count). The molecule has 34 heavy (non-hydrogen) atoms. The Bertz CT molecular complexity index is 1380. The Morgan fingerprint density at radius 1 is 1.03 bits per heavy atom. The molecule has 8 heteroatoms. The molecule has 0 bridgehead atoms. The number of rotatable bonds is 4. The monoisotopic (exact) mass is 494 g/mol. The van der Waals surface area contributed by atoms with Crippen molar-refractivity contribution in [2.45, 2.75) is 25.1 Å². The molecule has 0 radical (unpaired) electrons. The summed E-state index contributed by atoms with van der Waals surface area (Å²) >= 11 is 7.50. The molecule has 0 unspecified atom stereocenters. The third kappa shape index (κ3) is 4.02. The minimum atomic E-state index is -0.687. The lowest BCUT2D eigenvalue weighted by atomic mass is 10.2.